The molecular weight excluding hydrogens is 326 g/mol. The van der Waals surface area contributed by atoms with E-state index in [-0.39, 0.29) is 23.7 Å². The first-order valence-electron chi connectivity index (χ1n) is 9.08. The van der Waals surface area contributed by atoms with Crippen LogP contribution in [0.1, 0.15) is 39.2 Å². The van der Waals surface area contributed by atoms with Gasteiger partial charge in [-0.15, -0.1) is 0 Å². The van der Waals surface area contributed by atoms with Crippen LogP contribution in [0, 0.1) is 5.92 Å². The Morgan fingerprint density at radius 2 is 1.77 bits per heavy atom. The van der Waals surface area contributed by atoms with Gasteiger partial charge >= 0.3 is 5.97 Å². The third-order valence-electron chi connectivity index (χ3n) is 5.26. The zero-order valence-corrected chi connectivity index (χ0v) is 15.6. The highest BCUT2D eigenvalue weighted by molar-refractivity contribution is 5.99. The molecule has 0 aliphatic carbocycles. The standard InChI is InChI=1S/C22H25NO3/c1-4-22(2,3)17-10-12-19(13-11-17)26-21(25)16-14-20(24)23(15-16)18-8-6-5-7-9-18/h5-13,16H,4,14-15H2,1-3H3/t16-/m1/s1. The Balaban J connectivity index is 1.65. The Kier molecular flexibility index (Phi) is 5.12. The summed E-state index contributed by atoms with van der Waals surface area (Å²) in [7, 11) is 0. The fraction of sp³-hybridized carbons (Fsp3) is 0.364. The van der Waals surface area contributed by atoms with Crippen molar-refractivity contribution in [2.45, 2.75) is 39.0 Å². The molecule has 0 radical (unpaired) electrons. The van der Waals surface area contributed by atoms with E-state index in [2.05, 4.69) is 20.8 Å². The van der Waals surface area contributed by atoms with Crippen molar-refractivity contribution >= 4 is 17.6 Å². The molecule has 1 aliphatic heterocycles. The van der Waals surface area contributed by atoms with E-state index in [0.29, 0.717) is 12.3 Å². The van der Waals surface area contributed by atoms with Crippen LogP contribution < -0.4 is 9.64 Å². The minimum absolute atomic E-state index is 0.0433. The van der Waals surface area contributed by atoms with Crippen molar-refractivity contribution in [3.63, 3.8) is 0 Å². The Labute approximate surface area is 154 Å². The molecule has 0 unspecified atom stereocenters. The number of esters is 1. The largest absolute Gasteiger partial charge is 0.426 e. The molecule has 0 aromatic heterocycles. The number of ether oxygens (including phenoxy) is 1. The molecule has 26 heavy (non-hydrogen) atoms. The minimum atomic E-state index is -0.436. The molecule has 4 heteroatoms. The van der Waals surface area contributed by atoms with Crippen molar-refractivity contribution in [2.75, 3.05) is 11.4 Å². The molecule has 1 amide bonds. The summed E-state index contributed by atoms with van der Waals surface area (Å²) in [5.74, 6) is -0.303. The van der Waals surface area contributed by atoms with Gasteiger partial charge in [0.15, 0.2) is 0 Å². The summed E-state index contributed by atoms with van der Waals surface area (Å²) in [6.07, 6.45) is 1.22. The van der Waals surface area contributed by atoms with E-state index >= 15 is 0 Å². The third-order valence-corrected chi connectivity index (χ3v) is 5.26. The number of hydrogen-bond donors (Lipinski definition) is 0. The first-order valence-corrected chi connectivity index (χ1v) is 9.08. The summed E-state index contributed by atoms with van der Waals surface area (Å²) >= 11 is 0. The summed E-state index contributed by atoms with van der Waals surface area (Å²) in [4.78, 5) is 26.4. The van der Waals surface area contributed by atoms with Crippen molar-refractivity contribution in [3.05, 3.63) is 60.2 Å². The van der Waals surface area contributed by atoms with Gasteiger partial charge in [-0.1, -0.05) is 51.1 Å². The van der Waals surface area contributed by atoms with Crippen LogP contribution in [-0.2, 0) is 15.0 Å². The van der Waals surface area contributed by atoms with E-state index in [0.717, 1.165) is 12.1 Å². The number of amides is 1. The molecule has 1 atom stereocenters. The first kappa shape index (κ1) is 18.2. The molecule has 0 N–H and O–H groups in total. The van der Waals surface area contributed by atoms with E-state index in [9.17, 15) is 9.59 Å². The van der Waals surface area contributed by atoms with Gasteiger partial charge in [-0.05, 0) is 41.7 Å². The lowest BCUT2D eigenvalue weighted by Gasteiger charge is -2.23. The van der Waals surface area contributed by atoms with Gasteiger partial charge in [-0.2, -0.15) is 0 Å². The molecule has 0 bridgehead atoms. The lowest BCUT2D eigenvalue weighted by atomic mass is 9.82. The molecule has 1 saturated heterocycles. The van der Waals surface area contributed by atoms with Gasteiger partial charge in [-0.25, -0.2) is 0 Å². The van der Waals surface area contributed by atoms with E-state index in [1.54, 1.807) is 4.90 Å². The second-order valence-electron chi connectivity index (χ2n) is 7.42. The highest BCUT2D eigenvalue weighted by Gasteiger charge is 2.36. The van der Waals surface area contributed by atoms with Gasteiger partial charge in [0.25, 0.3) is 0 Å². The molecular formula is C22H25NO3. The highest BCUT2D eigenvalue weighted by Crippen LogP contribution is 2.29. The zero-order valence-electron chi connectivity index (χ0n) is 15.6. The maximum atomic E-state index is 12.5. The van der Waals surface area contributed by atoms with Gasteiger partial charge in [0, 0.05) is 18.7 Å². The van der Waals surface area contributed by atoms with Gasteiger partial charge in [0.05, 0.1) is 5.92 Å². The average molecular weight is 351 g/mol. The smallest absolute Gasteiger partial charge is 0.316 e. The van der Waals surface area contributed by atoms with Crippen molar-refractivity contribution in [3.8, 4) is 5.75 Å². The summed E-state index contributed by atoms with van der Waals surface area (Å²) in [5, 5.41) is 0. The Bertz CT molecular complexity index is 781. The number of nitrogens with zero attached hydrogens (tertiary/aromatic N) is 1. The van der Waals surface area contributed by atoms with Gasteiger partial charge in [0.1, 0.15) is 5.75 Å². The number of carbonyl (C=O) groups excluding carboxylic acids is 2. The van der Waals surface area contributed by atoms with Crippen LogP contribution in [0.5, 0.6) is 5.75 Å². The van der Waals surface area contributed by atoms with Crippen LogP contribution >= 0.6 is 0 Å². The fourth-order valence-corrected chi connectivity index (χ4v) is 3.10. The van der Waals surface area contributed by atoms with Crippen molar-refractivity contribution in [1.29, 1.82) is 0 Å². The normalized spacial score (nSPS) is 17.4. The minimum Gasteiger partial charge on any atom is -0.426 e. The number of carbonyl (C=O) groups is 2. The van der Waals surface area contributed by atoms with Crippen molar-refractivity contribution < 1.29 is 14.3 Å². The number of rotatable bonds is 5. The monoisotopic (exact) mass is 351 g/mol. The Morgan fingerprint density at radius 1 is 1.12 bits per heavy atom. The molecule has 1 fully saturated rings. The van der Waals surface area contributed by atoms with Crippen LogP contribution in [0.4, 0.5) is 5.69 Å². The SMILES string of the molecule is CCC(C)(C)c1ccc(OC(=O)[C@@H]2CC(=O)N(c3ccccc3)C2)cc1. The van der Waals surface area contributed by atoms with E-state index in [1.807, 2.05) is 54.6 Å². The summed E-state index contributed by atoms with van der Waals surface area (Å²) < 4.78 is 5.51. The molecule has 0 saturated carbocycles. The van der Waals surface area contributed by atoms with Crippen LogP contribution in [-0.4, -0.2) is 18.4 Å². The third kappa shape index (κ3) is 3.79. The van der Waals surface area contributed by atoms with Gasteiger partial charge in [0.2, 0.25) is 5.91 Å². The Morgan fingerprint density at radius 3 is 2.38 bits per heavy atom. The van der Waals surface area contributed by atoms with Crippen LogP contribution in [0.3, 0.4) is 0 Å². The van der Waals surface area contributed by atoms with Gasteiger partial charge < -0.3 is 9.64 Å². The lowest BCUT2D eigenvalue weighted by molar-refractivity contribution is -0.139. The summed E-state index contributed by atoms with van der Waals surface area (Å²) in [5.41, 5.74) is 2.13. The zero-order chi connectivity index (χ0) is 18.7. The van der Waals surface area contributed by atoms with Gasteiger partial charge in [-0.3, -0.25) is 9.59 Å². The molecule has 0 spiro atoms. The molecule has 2 aromatic carbocycles. The number of anilines is 1. The van der Waals surface area contributed by atoms with E-state index < -0.39 is 5.92 Å². The highest BCUT2D eigenvalue weighted by atomic mass is 16.5. The maximum absolute atomic E-state index is 12.5. The average Bonchev–Trinajstić information content (AvgIpc) is 3.05. The maximum Gasteiger partial charge on any atom is 0.316 e. The summed E-state index contributed by atoms with van der Waals surface area (Å²) in [6.45, 7) is 6.90. The van der Waals surface area contributed by atoms with Crippen LogP contribution in [0.25, 0.3) is 0 Å². The summed E-state index contributed by atoms with van der Waals surface area (Å²) in [6, 6.07) is 17.1. The number of benzene rings is 2. The quantitative estimate of drug-likeness (QED) is 0.595. The second kappa shape index (κ2) is 7.32. The predicted octanol–water partition coefficient (Wildman–Crippen LogP) is 4.33. The molecule has 2 aromatic rings. The first-order chi connectivity index (χ1) is 12.4. The topological polar surface area (TPSA) is 46.6 Å². The molecule has 136 valence electrons. The lowest BCUT2D eigenvalue weighted by Crippen LogP contribution is -2.27. The van der Waals surface area contributed by atoms with Crippen molar-refractivity contribution in [2.24, 2.45) is 5.92 Å². The second-order valence-corrected chi connectivity index (χ2v) is 7.42. The molecule has 4 nitrogen and oxygen atoms in total. The van der Waals surface area contributed by atoms with E-state index in [1.165, 1.54) is 5.56 Å². The van der Waals surface area contributed by atoms with Crippen molar-refractivity contribution in [1.82, 2.24) is 0 Å². The van der Waals surface area contributed by atoms with E-state index in [4.69, 9.17) is 4.74 Å². The predicted molar refractivity (Wildman–Crippen MR) is 102 cm³/mol. The molecule has 1 heterocycles. The fourth-order valence-electron chi connectivity index (χ4n) is 3.10. The van der Waals surface area contributed by atoms with Crippen LogP contribution in [0.15, 0.2) is 54.6 Å². The molecule has 3 rings (SSSR count). The number of hydrogen-bond acceptors (Lipinski definition) is 3. The molecule has 1 aliphatic rings. The Hall–Kier alpha value is -2.62. The number of para-hydroxylation sites is 1. The van der Waals surface area contributed by atoms with Crippen LogP contribution in [0.2, 0.25) is 0 Å².